The van der Waals surface area contributed by atoms with Crippen molar-refractivity contribution in [2.24, 2.45) is 5.92 Å². The minimum Gasteiger partial charge on any atom is -0.390 e. The summed E-state index contributed by atoms with van der Waals surface area (Å²) in [5.41, 5.74) is 0.838. The van der Waals surface area contributed by atoms with Gasteiger partial charge in [0, 0.05) is 31.3 Å². The molecule has 3 atom stereocenters. The van der Waals surface area contributed by atoms with Crippen molar-refractivity contribution in [3.63, 3.8) is 0 Å². The number of rotatable bonds is 11. The van der Waals surface area contributed by atoms with Crippen LogP contribution in [0.25, 0.3) is 0 Å². The molecule has 0 aliphatic carbocycles. The first-order valence-electron chi connectivity index (χ1n) is 9.58. The van der Waals surface area contributed by atoms with Crippen molar-refractivity contribution in [3.05, 3.63) is 70.3 Å². The largest absolute Gasteiger partial charge is 0.390 e. The van der Waals surface area contributed by atoms with Gasteiger partial charge in [-0.2, -0.15) is 4.31 Å². The molecular weight excluding hydrogens is 425 g/mol. The van der Waals surface area contributed by atoms with Crippen LogP contribution in [-0.2, 0) is 16.4 Å². The zero-order valence-corrected chi connectivity index (χ0v) is 19.0. The fourth-order valence-electron chi connectivity index (χ4n) is 3.08. The molecule has 0 aromatic heterocycles. The van der Waals surface area contributed by atoms with Crippen LogP contribution in [0.3, 0.4) is 0 Å². The molecule has 0 fully saturated rings. The van der Waals surface area contributed by atoms with Gasteiger partial charge in [-0.1, -0.05) is 53.6 Å². The lowest BCUT2D eigenvalue weighted by atomic mass is 10.0. The third-order valence-electron chi connectivity index (χ3n) is 4.62. The summed E-state index contributed by atoms with van der Waals surface area (Å²) >= 11 is 0. The van der Waals surface area contributed by atoms with Gasteiger partial charge in [-0.25, -0.2) is 8.42 Å². The summed E-state index contributed by atoms with van der Waals surface area (Å²) in [6, 6.07) is 14.0. The molecule has 0 spiro atoms. The van der Waals surface area contributed by atoms with E-state index in [1.807, 2.05) is 44.2 Å². The second kappa shape index (κ2) is 10.9. The molecule has 10 heteroatoms. The Balaban J connectivity index is 2.23. The molecule has 0 aliphatic rings. The van der Waals surface area contributed by atoms with Crippen molar-refractivity contribution < 1.29 is 18.4 Å². The number of aliphatic hydroxyl groups is 1. The van der Waals surface area contributed by atoms with Crippen LogP contribution in [-0.4, -0.2) is 48.0 Å². The Kier molecular flexibility index (Phi) is 8.88. The molecule has 30 heavy (non-hydrogen) atoms. The van der Waals surface area contributed by atoms with Crippen LogP contribution >= 0.6 is 9.39 Å². The van der Waals surface area contributed by atoms with E-state index >= 15 is 0 Å². The molecule has 0 radical (unpaired) electrons. The number of non-ortho nitro benzene ring substituents is 1. The minimum atomic E-state index is -3.93. The van der Waals surface area contributed by atoms with Gasteiger partial charge in [0.25, 0.3) is 5.69 Å². The van der Waals surface area contributed by atoms with Crippen molar-refractivity contribution in [1.29, 1.82) is 0 Å². The van der Waals surface area contributed by atoms with Gasteiger partial charge in [0.15, 0.2) is 0 Å². The quantitative estimate of drug-likeness (QED) is 0.307. The Labute approximate surface area is 179 Å². The smallest absolute Gasteiger partial charge is 0.269 e. The zero-order valence-electron chi connectivity index (χ0n) is 17.0. The fourth-order valence-corrected chi connectivity index (χ4v) is 5.04. The number of hydrogen-bond donors (Lipinski definition) is 2. The zero-order chi connectivity index (χ0) is 22.3. The van der Waals surface area contributed by atoms with Crippen LogP contribution < -0.4 is 5.09 Å². The van der Waals surface area contributed by atoms with E-state index in [2.05, 4.69) is 14.5 Å². The molecule has 1 unspecified atom stereocenters. The van der Waals surface area contributed by atoms with Gasteiger partial charge < -0.3 is 5.11 Å². The maximum Gasteiger partial charge on any atom is 0.269 e. The van der Waals surface area contributed by atoms with E-state index in [9.17, 15) is 23.6 Å². The van der Waals surface area contributed by atoms with Gasteiger partial charge in [-0.05, 0) is 30.0 Å². The topological polar surface area (TPSA) is 113 Å². The van der Waals surface area contributed by atoms with E-state index in [-0.39, 0.29) is 35.6 Å². The molecule has 0 bridgehead atoms. The van der Waals surface area contributed by atoms with E-state index in [0.717, 1.165) is 5.56 Å². The maximum atomic E-state index is 13.2. The third kappa shape index (κ3) is 6.55. The average Bonchev–Trinajstić information content (AvgIpc) is 2.71. The lowest BCUT2D eigenvalue weighted by Crippen LogP contribution is -2.47. The highest BCUT2D eigenvalue weighted by molar-refractivity contribution is 7.89. The number of sulfonamides is 1. The van der Waals surface area contributed by atoms with Crippen LogP contribution in [0.1, 0.15) is 19.4 Å². The lowest BCUT2D eigenvalue weighted by molar-refractivity contribution is -0.384. The van der Waals surface area contributed by atoms with Crippen molar-refractivity contribution >= 4 is 25.1 Å². The van der Waals surface area contributed by atoms with E-state index < -0.39 is 21.1 Å². The normalized spacial score (nSPS) is 14.1. The van der Waals surface area contributed by atoms with E-state index in [1.165, 1.54) is 28.6 Å². The molecule has 0 saturated carbocycles. The molecule has 2 N–H and O–H groups in total. The number of nitrogens with one attached hydrogen (secondary N) is 1. The van der Waals surface area contributed by atoms with Crippen molar-refractivity contribution in [2.45, 2.75) is 37.3 Å². The summed E-state index contributed by atoms with van der Waals surface area (Å²) in [7, 11) is -1.55. The Bertz CT molecular complexity index is 923. The first kappa shape index (κ1) is 24.4. The molecule has 8 nitrogen and oxygen atoms in total. The van der Waals surface area contributed by atoms with Gasteiger partial charge in [-0.3, -0.25) is 15.2 Å². The standard InChI is InChI=1S/C20H28N3O5PS/c1-15(2)13-22(30(27,28)18-10-8-17(9-11-18)23(25)26)14-20(24)19(21-29)12-16-6-4-3-5-7-16/h3-11,15,19-21,24H,12-14,29H2,1-2H3/t19-,20+/m0/s1. The number of aliphatic hydroxyl groups excluding tert-OH is 1. The molecule has 2 aromatic carbocycles. The second-order valence-electron chi connectivity index (χ2n) is 7.50. The summed E-state index contributed by atoms with van der Waals surface area (Å²) in [4.78, 5) is 10.2. The first-order chi connectivity index (χ1) is 14.1. The summed E-state index contributed by atoms with van der Waals surface area (Å²) in [5.74, 6) is 0.0292. The molecular formula is C20H28N3O5PS. The van der Waals surface area contributed by atoms with E-state index in [1.54, 1.807) is 0 Å². The number of benzene rings is 2. The van der Waals surface area contributed by atoms with E-state index in [0.29, 0.717) is 6.42 Å². The summed E-state index contributed by atoms with van der Waals surface area (Å²) in [5, 5.41) is 24.6. The fraction of sp³-hybridized carbons (Fsp3) is 0.400. The summed E-state index contributed by atoms with van der Waals surface area (Å²) in [6.07, 6.45) is -0.437. The molecule has 0 saturated heterocycles. The Hall–Kier alpha value is -1.90. The van der Waals surface area contributed by atoms with E-state index in [4.69, 9.17) is 0 Å². The molecule has 164 valence electrons. The van der Waals surface area contributed by atoms with Gasteiger partial charge in [0.05, 0.1) is 15.9 Å². The van der Waals surface area contributed by atoms with Crippen LogP contribution in [0, 0.1) is 16.0 Å². The average molecular weight is 454 g/mol. The van der Waals surface area contributed by atoms with Crippen molar-refractivity contribution in [3.8, 4) is 0 Å². The monoisotopic (exact) mass is 453 g/mol. The first-order valence-corrected chi connectivity index (χ1v) is 11.6. The Morgan fingerprint density at radius 2 is 1.70 bits per heavy atom. The van der Waals surface area contributed by atoms with Crippen LogP contribution in [0.5, 0.6) is 0 Å². The third-order valence-corrected chi connectivity index (χ3v) is 6.90. The maximum absolute atomic E-state index is 13.2. The SMILES string of the molecule is CC(C)CN(C[C@@H](O)[C@H](Cc1ccccc1)NP)S(=O)(=O)c1ccc([N+](=O)[O-])cc1. The number of hydrogen-bond acceptors (Lipinski definition) is 6. The Morgan fingerprint density at radius 3 is 2.20 bits per heavy atom. The number of nitro groups is 1. The molecule has 0 aliphatic heterocycles. The highest BCUT2D eigenvalue weighted by Gasteiger charge is 2.30. The highest BCUT2D eigenvalue weighted by atomic mass is 32.2. The van der Waals surface area contributed by atoms with Gasteiger partial charge in [0.2, 0.25) is 10.0 Å². The van der Waals surface area contributed by atoms with Gasteiger partial charge in [-0.15, -0.1) is 0 Å². The predicted molar refractivity (Wildman–Crippen MR) is 119 cm³/mol. The van der Waals surface area contributed by atoms with Crippen molar-refractivity contribution in [1.82, 2.24) is 9.39 Å². The van der Waals surface area contributed by atoms with Gasteiger partial charge >= 0.3 is 0 Å². The molecule has 2 rings (SSSR count). The summed E-state index contributed by atoms with van der Waals surface area (Å²) < 4.78 is 27.6. The molecule has 0 amide bonds. The predicted octanol–water partition coefficient (Wildman–Crippen LogP) is 2.59. The highest BCUT2D eigenvalue weighted by Crippen LogP contribution is 2.22. The van der Waals surface area contributed by atoms with Crippen LogP contribution in [0.2, 0.25) is 0 Å². The number of nitro benzene ring substituents is 1. The second-order valence-corrected chi connectivity index (χ2v) is 9.77. The minimum absolute atomic E-state index is 0.0292. The lowest BCUT2D eigenvalue weighted by Gasteiger charge is -2.30. The van der Waals surface area contributed by atoms with Crippen LogP contribution in [0.4, 0.5) is 5.69 Å². The van der Waals surface area contributed by atoms with Gasteiger partial charge in [0.1, 0.15) is 0 Å². The molecule has 2 aromatic rings. The van der Waals surface area contributed by atoms with Crippen molar-refractivity contribution in [2.75, 3.05) is 13.1 Å². The molecule has 0 heterocycles. The number of nitrogens with zero attached hydrogens (tertiary/aromatic N) is 2. The Morgan fingerprint density at radius 1 is 1.10 bits per heavy atom. The summed E-state index contributed by atoms with van der Waals surface area (Å²) in [6.45, 7) is 3.89. The van der Waals surface area contributed by atoms with Crippen LogP contribution in [0.15, 0.2) is 59.5 Å².